The molecule has 1 fully saturated rings. The summed E-state index contributed by atoms with van der Waals surface area (Å²) in [6.07, 6.45) is 7.14. The van der Waals surface area contributed by atoms with Gasteiger partial charge in [-0.05, 0) is 37.8 Å². The molecule has 1 N–H and O–H groups in total. The summed E-state index contributed by atoms with van der Waals surface area (Å²) < 4.78 is 0. The molecule has 0 spiro atoms. The van der Waals surface area contributed by atoms with E-state index >= 15 is 0 Å². The van der Waals surface area contributed by atoms with Crippen molar-refractivity contribution in [1.29, 1.82) is 0 Å². The third kappa shape index (κ3) is 2.01. The van der Waals surface area contributed by atoms with E-state index in [1.165, 1.54) is 38.6 Å². The molecule has 1 atom stereocenters. The third-order valence-electron chi connectivity index (χ3n) is 3.67. The number of hydrogen-bond acceptors (Lipinski definition) is 1. The van der Waals surface area contributed by atoms with Gasteiger partial charge in [0.2, 0.25) is 0 Å². The zero-order valence-electron chi connectivity index (χ0n) is 8.82. The van der Waals surface area contributed by atoms with Gasteiger partial charge in [0.15, 0.2) is 0 Å². The second-order valence-corrected chi connectivity index (χ2v) is 4.52. The maximum absolute atomic E-state index is 3.32. The third-order valence-corrected chi connectivity index (χ3v) is 3.67. The Morgan fingerprint density at radius 1 is 1.33 bits per heavy atom. The van der Waals surface area contributed by atoms with Crippen LogP contribution in [0.1, 0.15) is 46.0 Å². The molecule has 0 heterocycles. The van der Waals surface area contributed by atoms with Gasteiger partial charge >= 0.3 is 0 Å². The van der Waals surface area contributed by atoms with Crippen molar-refractivity contribution in [2.75, 3.05) is 13.6 Å². The van der Waals surface area contributed by atoms with Crippen LogP contribution in [0.3, 0.4) is 0 Å². The normalized spacial score (nSPS) is 24.2. The molecule has 0 aromatic heterocycles. The van der Waals surface area contributed by atoms with Crippen LogP contribution in [0.4, 0.5) is 0 Å². The van der Waals surface area contributed by atoms with Crippen molar-refractivity contribution in [3.8, 4) is 0 Å². The first kappa shape index (κ1) is 10.0. The lowest BCUT2D eigenvalue weighted by Crippen LogP contribution is -2.31. The zero-order chi connectivity index (χ0) is 9.03. The van der Waals surface area contributed by atoms with Crippen LogP contribution in [-0.2, 0) is 0 Å². The van der Waals surface area contributed by atoms with Crippen LogP contribution in [0.15, 0.2) is 0 Å². The number of hydrogen-bond donors (Lipinski definition) is 1. The summed E-state index contributed by atoms with van der Waals surface area (Å²) in [7, 11) is 2.07. The van der Waals surface area contributed by atoms with Gasteiger partial charge in [-0.2, -0.15) is 0 Å². The summed E-state index contributed by atoms with van der Waals surface area (Å²) in [6, 6.07) is 0. The van der Waals surface area contributed by atoms with Gasteiger partial charge in [-0.15, -0.1) is 0 Å². The van der Waals surface area contributed by atoms with E-state index in [-0.39, 0.29) is 0 Å². The Balaban J connectivity index is 2.50. The summed E-state index contributed by atoms with van der Waals surface area (Å²) in [5.41, 5.74) is 0.651. The Labute approximate surface area is 76.9 Å². The van der Waals surface area contributed by atoms with Crippen molar-refractivity contribution in [2.24, 2.45) is 11.3 Å². The lowest BCUT2D eigenvalue weighted by atomic mass is 9.74. The largest absolute Gasteiger partial charge is 0.319 e. The molecule has 1 aliphatic rings. The van der Waals surface area contributed by atoms with Gasteiger partial charge in [0.25, 0.3) is 0 Å². The van der Waals surface area contributed by atoms with E-state index in [4.69, 9.17) is 0 Å². The maximum Gasteiger partial charge on any atom is -0.00184 e. The van der Waals surface area contributed by atoms with Crippen LogP contribution in [0, 0.1) is 11.3 Å². The van der Waals surface area contributed by atoms with E-state index in [1.807, 2.05) is 0 Å². The molecule has 1 rings (SSSR count). The van der Waals surface area contributed by atoms with Crippen LogP contribution >= 0.6 is 0 Å². The standard InChI is InChI=1S/C11H23N/c1-4-10(9-12-3)11(2)7-5-6-8-11/h10,12H,4-9H2,1-3H3. The number of nitrogens with one attached hydrogen (secondary N) is 1. The fourth-order valence-electron chi connectivity index (χ4n) is 2.72. The second-order valence-electron chi connectivity index (χ2n) is 4.52. The first-order valence-corrected chi connectivity index (χ1v) is 5.37. The van der Waals surface area contributed by atoms with E-state index < -0.39 is 0 Å². The summed E-state index contributed by atoms with van der Waals surface area (Å²) in [6.45, 7) is 6.00. The van der Waals surface area contributed by atoms with E-state index in [2.05, 4.69) is 26.2 Å². The lowest BCUT2D eigenvalue weighted by Gasteiger charge is -2.33. The van der Waals surface area contributed by atoms with E-state index in [0.717, 1.165) is 5.92 Å². The molecule has 72 valence electrons. The molecule has 1 saturated carbocycles. The Kier molecular flexibility index (Phi) is 3.57. The predicted molar refractivity (Wildman–Crippen MR) is 54.3 cm³/mol. The Hall–Kier alpha value is -0.0400. The molecular weight excluding hydrogens is 146 g/mol. The van der Waals surface area contributed by atoms with Gasteiger partial charge in [-0.1, -0.05) is 33.1 Å². The SMILES string of the molecule is CCC(CNC)C1(C)CCCC1. The lowest BCUT2D eigenvalue weighted by molar-refractivity contribution is 0.184. The summed E-state index contributed by atoms with van der Waals surface area (Å²) in [4.78, 5) is 0. The summed E-state index contributed by atoms with van der Waals surface area (Å²) in [5.74, 6) is 0.894. The fourth-order valence-corrected chi connectivity index (χ4v) is 2.72. The topological polar surface area (TPSA) is 12.0 Å². The average molecular weight is 169 g/mol. The highest BCUT2D eigenvalue weighted by atomic mass is 14.8. The number of rotatable bonds is 4. The van der Waals surface area contributed by atoms with Gasteiger partial charge in [-0.3, -0.25) is 0 Å². The van der Waals surface area contributed by atoms with Crippen LogP contribution < -0.4 is 5.32 Å². The first-order valence-electron chi connectivity index (χ1n) is 5.37. The van der Waals surface area contributed by atoms with E-state index in [1.54, 1.807) is 0 Å². The van der Waals surface area contributed by atoms with Crippen molar-refractivity contribution in [2.45, 2.75) is 46.0 Å². The van der Waals surface area contributed by atoms with Crippen LogP contribution in [0.5, 0.6) is 0 Å². The van der Waals surface area contributed by atoms with Crippen molar-refractivity contribution >= 4 is 0 Å². The Morgan fingerprint density at radius 2 is 1.92 bits per heavy atom. The van der Waals surface area contributed by atoms with E-state index in [0.29, 0.717) is 5.41 Å². The average Bonchev–Trinajstić information content (AvgIpc) is 2.49. The molecule has 1 unspecified atom stereocenters. The van der Waals surface area contributed by atoms with Crippen molar-refractivity contribution in [3.63, 3.8) is 0 Å². The van der Waals surface area contributed by atoms with Gasteiger partial charge in [-0.25, -0.2) is 0 Å². The molecule has 1 nitrogen and oxygen atoms in total. The Bertz CT molecular complexity index is 125. The highest BCUT2D eigenvalue weighted by molar-refractivity contribution is 4.87. The van der Waals surface area contributed by atoms with Crippen LogP contribution in [0.2, 0.25) is 0 Å². The molecule has 1 aliphatic carbocycles. The molecule has 0 radical (unpaired) electrons. The smallest absolute Gasteiger partial charge is 0.00184 e. The van der Waals surface area contributed by atoms with Crippen LogP contribution in [0.25, 0.3) is 0 Å². The quantitative estimate of drug-likeness (QED) is 0.682. The zero-order valence-corrected chi connectivity index (χ0v) is 8.82. The minimum absolute atomic E-state index is 0.651. The Morgan fingerprint density at radius 3 is 2.33 bits per heavy atom. The fraction of sp³-hybridized carbons (Fsp3) is 1.00. The molecule has 1 heteroatoms. The molecule has 0 amide bonds. The van der Waals surface area contributed by atoms with Gasteiger partial charge in [0, 0.05) is 0 Å². The maximum atomic E-state index is 3.32. The molecule has 0 saturated heterocycles. The van der Waals surface area contributed by atoms with Crippen LogP contribution in [-0.4, -0.2) is 13.6 Å². The summed E-state index contributed by atoms with van der Waals surface area (Å²) >= 11 is 0. The molecule has 0 aromatic carbocycles. The van der Waals surface area contributed by atoms with Gasteiger partial charge < -0.3 is 5.32 Å². The monoisotopic (exact) mass is 169 g/mol. The molecule has 0 bridgehead atoms. The molecule has 0 aromatic rings. The minimum atomic E-state index is 0.651. The molecule has 0 aliphatic heterocycles. The second kappa shape index (κ2) is 4.27. The highest BCUT2D eigenvalue weighted by Gasteiger charge is 2.35. The van der Waals surface area contributed by atoms with E-state index in [9.17, 15) is 0 Å². The molecule has 12 heavy (non-hydrogen) atoms. The van der Waals surface area contributed by atoms with Crippen molar-refractivity contribution in [3.05, 3.63) is 0 Å². The highest BCUT2D eigenvalue weighted by Crippen LogP contribution is 2.44. The predicted octanol–water partition coefficient (Wildman–Crippen LogP) is 2.81. The minimum Gasteiger partial charge on any atom is -0.319 e. The first-order chi connectivity index (χ1) is 5.73. The summed E-state index contributed by atoms with van der Waals surface area (Å²) in [5, 5.41) is 3.32. The van der Waals surface area contributed by atoms with Crippen molar-refractivity contribution < 1.29 is 0 Å². The van der Waals surface area contributed by atoms with Gasteiger partial charge in [0.05, 0.1) is 0 Å². The van der Waals surface area contributed by atoms with Crippen molar-refractivity contribution in [1.82, 2.24) is 5.32 Å². The molecular formula is C11H23N. The van der Waals surface area contributed by atoms with Gasteiger partial charge in [0.1, 0.15) is 0 Å².